The first-order valence-electron chi connectivity index (χ1n) is 5.56. The van der Waals surface area contributed by atoms with Gasteiger partial charge in [0, 0.05) is 10.0 Å². The first kappa shape index (κ1) is 11.8. The average molecular weight is 322 g/mol. The van der Waals surface area contributed by atoms with E-state index in [1.54, 1.807) is 0 Å². The lowest BCUT2D eigenvalue weighted by Gasteiger charge is -2.02. The fourth-order valence-corrected chi connectivity index (χ4v) is 2.71. The van der Waals surface area contributed by atoms with Crippen LogP contribution < -0.4 is 0 Å². The third-order valence-corrected chi connectivity index (χ3v) is 3.71. The first-order chi connectivity index (χ1) is 8.65. The molecular formula is C14H10BrClN2. The standard InChI is InChI=1S/C14H10BrClN2/c1-8-7-9(15)5-6-10(8)14-17-12-4-2-3-11(16)13(12)18-14/h2-7H,1H3,(H,17,18). The number of imidazole rings is 1. The van der Waals surface area contributed by atoms with Gasteiger partial charge in [0.2, 0.25) is 0 Å². The predicted octanol–water partition coefficient (Wildman–Crippen LogP) is 4.95. The van der Waals surface area contributed by atoms with E-state index in [0.717, 1.165) is 26.9 Å². The minimum Gasteiger partial charge on any atom is -0.338 e. The topological polar surface area (TPSA) is 28.7 Å². The minimum absolute atomic E-state index is 0.671. The molecule has 2 aromatic carbocycles. The van der Waals surface area contributed by atoms with Gasteiger partial charge in [-0.25, -0.2) is 4.98 Å². The van der Waals surface area contributed by atoms with Gasteiger partial charge in [0.05, 0.1) is 10.5 Å². The van der Waals surface area contributed by atoms with Crippen LogP contribution in [0.15, 0.2) is 40.9 Å². The van der Waals surface area contributed by atoms with Crippen LogP contribution in [0.3, 0.4) is 0 Å². The number of nitrogens with one attached hydrogen (secondary N) is 1. The van der Waals surface area contributed by atoms with E-state index in [2.05, 4.69) is 38.9 Å². The number of H-pyrrole nitrogens is 1. The summed E-state index contributed by atoms with van der Waals surface area (Å²) in [6.45, 7) is 2.06. The van der Waals surface area contributed by atoms with Crippen LogP contribution in [0.25, 0.3) is 22.4 Å². The van der Waals surface area contributed by atoms with Crippen molar-refractivity contribution in [2.24, 2.45) is 0 Å². The van der Waals surface area contributed by atoms with Crippen molar-refractivity contribution in [2.75, 3.05) is 0 Å². The number of benzene rings is 2. The van der Waals surface area contributed by atoms with E-state index in [0.29, 0.717) is 5.02 Å². The van der Waals surface area contributed by atoms with Gasteiger partial charge >= 0.3 is 0 Å². The molecular weight excluding hydrogens is 312 g/mol. The molecule has 0 spiro atoms. The van der Waals surface area contributed by atoms with Crippen LogP contribution in [0.2, 0.25) is 5.02 Å². The molecule has 18 heavy (non-hydrogen) atoms. The maximum absolute atomic E-state index is 6.13. The van der Waals surface area contributed by atoms with Crippen LogP contribution in [-0.2, 0) is 0 Å². The van der Waals surface area contributed by atoms with Crippen LogP contribution in [0, 0.1) is 6.92 Å². The van der Waals surface area contributed by atoms with Gasteiger partial charge in [-0.1, -0.05) is 33.6 Å². The summed E-state index contributed by atoms with van der Waals surface area (Å²) in [4.78, 5) is 7.87. The van der Waals surface area contributed by atoms with Gasteiger partial charge in [-0.2, -0.15) is 0 Å². The second kappa shape index (κ2) is 4.41. The summed E-state index contributed by atoms with van der Waals surface area (Å²) in [6, 6.07) is 11.9. The molecule has 0 unspecified atom stereocenters. The van der Waals surface area contributed by atoms with Crippen LogP contribution in [0.4, 0.5) is 0 Å². The highest BCUT2D eigenvalue weighted by molar-refractivity contribution is 9.10. The summed E-state index contributed by atoms with van der Waals surface area (Å²) in [5.74, 6) is 0.850. The fourth-order valence-electron chi connectivity index (χ4n) is 2.02. The van der Waals surface area contributed by atoms with Gasteiger partial charge in [0.1, 0.15) is 11.3 Å². The maximum atomic E-state index is 6.13. The Bertz CT molecular complexity index is 734. The molecule has 0 aliphatic heterocycles. The Kier molecular flexibility index (Phi) is 2.88. The number of aromatic nitrogens is 2. The highest BCUT2D eigenvalue weighted by atomic mass is 79.9. The Morgan fingerprint density at radius 2 is 2.06 bits per heavy atom. The molecule has 1 heterocycles. The predicted molar refractivity (Wildman–Crippen MR) is 79.0 cm³/mol. The van der Waals surface area contributed by atoms with Gasteiger partial charge in [-0.3, -0.25) is 0 Å². The number of rotatable bonds is 1. The molecule has 0 radical (unpaired) electrons. The van der Waals surface area contributed by atoms with Crippen LogP contribution in [-0.4, -0.2) is 9.97 Å². The molecule has 0 bridgehead atoms. The molecule has 0 fully saturated rings. The average Bonchev–Trinajstić information content (AvgIpc) is 2.74. The van der Waals surface area contributed by atoms with E-state index in [-0.39, 0.29) is 0 Å². The van der Waals surface area contributed by atoms with Crippen molar-refractivity contribution in [1.82, 2.24) is 9.97 Å². The normalized spacial score (nSPS) is 11.1. The molecule has 1 N–H and O–H groups in total. The molecule has 0 saturated carbocycles. The number of fused-ring (bicyclic) bond motifs is 1. The summed E-state index contributed by atoms with van der Waals surface area (Å²) >= 11 is 9.60. The Hall–Kier alpha value is -1.32. The minimum atomic E-state index is 0.671. The Balaban J connectivity index is 2.23. The van der Waals surface area contributed by atoms with E-state index >= 15 is 0 Å². The smallest absolute Gasteiger partial charge is 0.138 e. The van der Waals surface area contributed by atoms with E-state index in [1.165, 1.54) is 5.56 Å². The van der Waals surface area contributed by atoms with Crippen molar-refractivity contribution in [3.05, 3.63) is 51.5 Å². The van der Waals surface area contributed by atoms with Crippen LogP contribution >= 0.6 is 27.5 Å². The molecule has 0 atom stereocenters. The number of aryl methyl sites for hydroxylation is 1. The molecule has 0 saturated heterocycles. The fraction of sp³-hybridized carbons (Fsp3) is 0.0714. The van der Waals surface area contributed by atoms with Gasteiger partial charge in [0.25, 0.3) is 0 Å². The van der Waals surface area contributed by atoms with Crippen molar-refractivity contribution in [3.8, 4) is 11.4 Å². The van der Waals surface area contributed by atoms with Crippen LogP contribution in [0.1, 0.15) is 5.56 Å². The lowest BCUT2D eigenvalue weighted by Crippen LogP contribution is -1.85. The molecule has 4 heteroatoms. The van der Waals surface area contributed by atoms with E-state index in [9.17, 15) is 0 Å². The van der Waals surface area contributed by atoms with Crippen molar-refractivity contribution in [1.29, 1.82) is 0 Å². The number of nitrogens with zero attached hydrogens (tertiary/aromatic N) is 1. The van der Waals surface area contributed by atoms with E-state index in [1.807, 2.05) is 30.3 Å². The summed E-state index contributed by atoms with van der Waals surface area (Å²) in [5.41, 5.74) is 4.03. The highest BCUT2D eigenvalue weighted by Gasteiger charge is 2.09. The maximum Gasteiger partial charge on any atom is 0.138 e. The zero-order chi connectivity index (χ0) is 12.7. The second-order valence-electron chi connectivity index (χ2n) is 4.18. The first-order valence-corrected chi connectivity index (χ1v) is 6.73. The van der Waals surface area contributed by atoms with Crippen molar-refractivity contribution >= 4 is 38.6 Å². The highest BCUT2D eigenvalue weighted by Crippen LogP contribution is 2.28. The Labute approximate surface area is 118 Å². The van der Waals surface area contributed by atoms with E-state index in [4.69, 9.17) is 11.6 Å². The molecule has 3 rings (SSSR count). The zero-order valence-corrected chi connectivity index (χ0v) is 12.0. The summed E-state index contributed by atoms with van der Waals surface area (Å²) in [6.07, 6.45) is 0. The number of hydrogen-bond acceptors (Lipinski definition) is 1. The third-order valence-electron chi connectivity index (χ3n) is 2.91. The quantitative estimate of drug-likeness (QED) is 0.674. The molecule has 90 valence electrons. The van der Waals surface area contributed by atoms with Crippen molar-refractivity contribution in [2.45, 2.75) is 6.92 Å². The van der Waals surface area contributed by atoms with Gasteiger partial charge in [-0.15, -0.1) is 0 Å². The Morgan fingerprint density at radius 1 is 1.22 bits per heavy atom. The molecule has 0 aliphatic rings. The second-order valence-corrected chi connectivity index (χ2v) is 5.50. The Morgan fingerprint density at radius 3 is 2.78 bits per heavy atom. The summed E-state index contributed by atoms with van der Waals surface area (Å²) in [7, 11) is 0. The number of halogens is 2. The molecule has 1 aromatic heterocycles. The van der Waals surface area contributed by atoms with Gasteiger partial charge < -0.3 is 4.98 Å². The molecule has 3 aromatic rings. The van der Waals surface area contributed by atoms with Crippen molar-refractivity contribution in [3.63, 3.8) is 0 Å². The van der Waals surface area contributed by atoms with E-state index < -0.39 is 0 Å². The molecule has 0 aliphatic carbocycles. The number of hydrogen-bond donors (Lipinski definition) is 1. The van der Waals surface area contributed by atoms with Gasteiger partial charge in [0.15, 0.2) is 0 Å². The summed E-state index contributed by atoms with van der Waals surface area (Å²) < 4.78 is 1.07. The molecule has 2 nitrogen and oxygen atoms in total. The largest absolute Gasteiger partial charge is 0.338 e. The van der Waals surface area contributed by atoms with Crippen molar-refractivity contribution < 1.29 is 0 Å². The van der Waals surface area contributed by atoms with Gasteiger partial charge in [-0.05, 0) is 42.8 Å². The lowest BCUT2D eigenvalue weighted by atomic mass is 10.1. The third kappa shape index (κ3) is 1.93. The lowest BCUT2D eigenvalue weighted by molar-refractivity contribution is 1.30. The van der Waals surface area contributed by atoms with Crippen LogP contribution in [0.5, 0.6) is 0 Å². The number of para-hydroxylation sites is 1. The SMILES string of the molecule is Cc1cc(Br)ccc1-c1nc2c(Cl)cccc2[nH]1. The number of aromatic amines is 1. The molecule has 0 amide bonds. The monoisotopic (exact) mass is 320 g/mol. The zero-order valence-electron chi connectivity index (χ0n) is 9.67. The summed E-state index contributed by atoms with van der Waals surface area (Å²) in [5, 5.41) is 0.671.